The lowest BCUT2D eigenvalue weighted by Crippen LogP contribution is -2.06. The zero-order valence-corrected chi connectivity index (χ0v) is 7.51. The Bertz CT molecular complexity index is 330. The van der Waals surface area contributed by atoms with E-state index >= 15 is 0 Å². The van der Waals surface area contributed by atoms with Crippen molar-refractivity contribution in [1.29, 1.82) is 0 Å². The molecule has 0 N–H and O–H groups in total. The zero-order valence-electron chi connectivity index (χ0n) is 7.51. The van der Waals surface area contributed by atoms with Gasteiger partial charge in [0.2, 0.25) is 0 Å². The molecule has 0 unspecified atom stereocenters. The molecule has 1 rings (SSSR count). The first-order chi connectivity index (χ1) is 6.45. The van der Waals surface area contributed by atoms with Crippen molar-refractivity contribution < 1.29 is 18.0 Å². The van der Waals surface area contributed by atoms with Crippen LogP contribution in [0.1, 0.15) is 17.8 Å². The smallest absolute Gasteiger partial charge is 0.303 e. The first kappa shape index (κ1) is 10.7. The first-order valence-electron chi connectivity index (χ1n) is 3.99. The predicted octanol–water partition coefficient (Wildman–Crippen LogP) is 1.57. The molecule has 0 spiro atoms. The topological polar surface area (TPSA) is 34.9 Å². The van der Waals surface area contributed by atoms with Crippen LogP contribution in [-0.4, -0.2) is 16.1 Å². The summed E-state index contributed by atoms with van der Waals surface area (Å²) < 4.78 is 37.6. The summed E-state index contributed by atoms with van der Waals surface area (Å²) in [6.07, 6.45) is -3.27. The van der Waals surface area contributed by atoms with E-state index in [1.165, 1.54) is 7.05 Å². The van der Waals surface area contributed by atoms with E-state index in [9.17, 15) is 18.0 Å². The second kappa shape index (κ2) is 3.81. The molecule has 0 amide bonds. The first-order valence-corrected chi connectivity index (χ1v) is 3.99. The summed E-state index contributed by atoms with van der Waals surface area (Å²) in [5.74, 6) is 0. The Labute approximate surface area is 78.5 Å². The monoisotopic (exact) mass is 206 g/mol. The van der Waals surface area contributed by atoms with Crippen LogP contribution in [0.3, 0.4) is 0 Å². The third-order valence-electron chi connectivity index (χ3n) is 1.79. The number of aryl methyl sites for hydroxylation is 2. The number of aldehydes is 1. The van der Waals surface area contributed by atoms with E-state index in [1.807, 2.05) is 0 Å². The van der Waals surface area contributed by atoms with Gasteiger partial charge in [-0.3, -0.25) is 4.68 Å². The Kier molecular flexibility index (Phi) is 2.93. The van der Waals surface area contributed by atoms with Crippen molar-refractivity contribution in [2.45, 2.75) is 19.0 Å². The second-order valence-electron chi connectivity index (χ2n) is 2.85. The fourth-order valence-corrected chi connectivity index (χ4v) is 1.09. The van der Waals surface area contributed by atoms with Crippen molar-refractivity contribution in [2.75, 3.05) is 0 Å². The Morgan fingerprint density at radius 1 is 1.57 bits per heavy atom. The lowest BCUT2D eigenvalue weighted by Gasteiger charge is -1.99. The van der Waals surface area contributed by atoms with Crippen molar-refractivity contribution in [2.24, 2.45) is 7.05 Å². The fourth-order valence-electron chi connectivity index (χ4n) is 1.09. The predicted molar refractivity (Wildman–Crippen MR) is 42.6 cm³/mol. The average Bonchev–Trinajstić information content (AvgIpc) is 2.43. The van der Waals surface area contributed by atoms with Gasteiger partial charge in [-0.2, -0.15) is 18.3 Å². The normalized spacial score (nSPS) is 11.7. The summed E-state index contributed by atoms with van der Waals surface area (Å²) >= 11 is 0. The molecule has 0 saturated carbocycles. The maximum absolute atomic E-state index is 12.2. The van der Waals surface area contributed by atoms with E-state index in [0.29, 0.717) is 12.0 Å². The van der Waals surface area contributed by atoms with Crippen LogP contribution in [0, 0.1) is 0 Å². The average molecular weight is 206 g/mol. The minimum Gasteiger partial charge on any atom is -0.303 e. The van der Waals surface area contributed by atoms with Crippen molar-refractivity contribution in [1.82, 2.24) is 9.78 Å². The molecule has 6 heteroatoms. The molecule has 0 aliphatic heterocycles. The molecular weight excluding hydrogens is 197 g/mol. The lowest BCUT2D eigenvalue weighted by molar-refractivity contribution is -0.141. The van der Waals surface area contributed by atoms with Crippen LogP contribution < -0.4 is 0 Å². The van der Waals surface area contributed by atoms with E-state index in [4.69, 9.17) is 0 Å². The van der Waals surface area contributed by atoms with Gasteiger partial charge in [0.05, 0.1) is 0 Å². The highest BCUT2D eigenvalue weighted by Crippen LogP contribution is 2.28. The number of hydrogen-bond donors (Lipinski definition) is 0. The summed E-state index contributed by atoms with van der Waals surface area (Å²) in [4.78, 5) is 10.0. The highest BCUT2D eigenvalue weighted by Gasteiger charge is 2.34. The Hall–Kier alpha value is -1.33. The number of alkyl halides is 3. The SMILES string of the molecule is Cn1nc(C(F)(F)F)cc1CCC=O. The van der Waals surface area contributed by atoms with E-state index in [1.54, 1.807) is 0 Å². The van der Waals surface area contributed by atoms with E-state index in [-0.39, 0.29) is 12.8 Å². The summed E-state index contributed by atoms with van der Waals surface area (Å²) in [5.41, 5.74) is -0.509. The maximum atomic E-state index is 12.2. The Morgan fingerprint density at radius 3 is 2.64 bits per heavy atom. The molecule has 1 aromatic rings. The van der Waals surface area contributed by atoms with Crippen molar-refractivity contribution in [3.05, 3.63) is 17.5 Å². The number of halogens is 3. The molecule has 0 aliphatic carbocycles. The third-order valence-corrected chi connectivity index (χ3v) is 1.79. The van der Waals surface area contributed by atoms with Gasteiger partial charge in [-0.05, 0) is 12.5 Å². The fraction of sp³-hybridized carbons (Fsp3) is 0.500. The molecule has 14 heavy (non-hydrogen) atoms. The molecule has 0 aliphatic rings. The molecule has 0 atom stereocenters. The van der Waals surface area contributed by atoms with Gasteiger partial charge in [0.15, 0.2) is 5.69 Å². The summed E-state index contributed by atoms with van der Waals surface area (Å²) in [5, 5.41) is 3.31. The number of nitrogens with zero attached hydrogens (tertiary/aromatic N) is 2. The summed E-state index contributed by atoms with van der Waals surface area (Å²) in [7, 11) is 1.43. The van der Waals surface area contributed by atoms with Gasteiger partial charge >= 0.3 is 6.18 Å². The highest BCUT2D eigenvalue weighted by molar-refractivity contribution is 5.49. The number of hydrogen-bond acceptors (Lipinski definition) is 2. The third kappa shape index (κ3) is 2.34. The van der Waals surface area contributed by atoms with Crippen LogP contribution in [0.2, 0.25) is 0 Å². The molecule has 0 fully saturated rings. The van der Waals surface area contributed by atoms with Crippen LogP contribution in [0.25, 0.3) is 0 Å². The van der Waals surface area contributed by atoms with Gasteiger partial charge in [0.1, 0.15) is 6.29 Å². The zero-order chi connectivity index (χ0) is 10.8. The summed E-state index contributed by atoms with van der Waals surface area (Å²) in [6.45, 7) is 0. The molecule has 0 radical (unpaired) electrons. The van der Waals surface area contributed by atoms with Crippen LogP contribution >= 0.6 is 0 Å². The summed E-state index contributed by atoms with van der Waals surface area (Å²) in [6, 6.07) is 0.962. The van der Waals surface area contributed by atoms with E-state index in [2.05, 4.69) is 5.10 Å². The minimum absolute atomic E-state index is 0.205. The quantitative estimate of drug-likeness (QED) is 0.703. The van der Waals surface area contributed by atoms with Gasteiger partial charge in [-0.25, -0.2) is 0 Å². The number of carbonyl (C=O) groups is 1. The number of rotatable bonds is 3. The van der Waals surface area contributed by atoms with Crippen molar-refractivity contribution in [3.8, 4) is 0 Å². The van der Waals surface area contributed by atoms with Gasteiger partial charge in [-0.15, -0.1) is 0 Å². The lowest BCUT2D eigenvalue weighted by atomic mass is 10.2. The number of aromatic nitrogens is 2. The molecule has 0 bridgehead atoms. The Balaban J connectivity index is 2.87. The number of carbonyl (C=O) groups excluding carboxylic acids is 1. The van der Waals surface area contributed by atoms with Gasteiger partial charge < -0.3 is 4.79 Å². The second-order valence-corrected chi connectivity index (χ2v) is 2.85. The van der Waals surface area contributed by atoms with Crippen LogP contribution in [0.5, 0.6) is 0 Å². The molecule has 1 heterocycles. The highest BCUT2D eigenvalue weighted by atomic mass is 19.4. The van der Waals surface area contributed by atoms with Crippen LogP contribution in [0.15, 0.2) is 6.07 Å². The molecular formula is C8H9F3N2O. The van der Waals surface area contributed by atoms with Crippen LogP contribution in [-0.2, 0) is 24.4 Å². The van der Waals surface area contributed by atoms with Gasteiger partial charge in [0, 0.05) is 19.2 Å². The van der Waals surface area contributed by atoms with E-state index < -0.39 is 11.9 Å². The van der Waals surface area contributed by atoms with Gasteiger partial charge in [-0.1, -0.05) is 0 Å². The molecule has 1 aromatic heterocycles. The molecule has 0 aromatic carbocycles. The molecule has 3 nitrogen and oxygen atoms in total. The molecule has 78 valence electrons. The van der Waals surface area contributed by atoms with Crippen LogP contribution in [0.4, 0.5) is 13.2 Å². The molecule has 0 saturated heterocycles. The Morgan fingerprint density at radius 2 is 2.21 bits per heavy atom. The van der Waals surface area contributed by atoms with Crippen molar-refractivity contribution >= 4 is 6.29 Å². The minimum atomic E-state index is -4.42. The van der Waals surface area contributed by atoms with Gasteiger partial charge in [0.25, 0.3) is 0 Å². The van der Waals surface area contributed by atoms with E-state index in [0.717, 1.165) is 10.7 Å². The largest absolute Gasteiger partial charge is 0.435 e. The van der Waals surface area contributed by atoms with Crippen molar-refractivity contribution in [3.63, 3.8) is 0 Å². The standard InChI is InChI=1S/C8H9F3N2O/c1-13-6(3-2-4-14)5-7(12-13)8(9,10)11/h4-5H,2-3H2,1H3. The maximum Gasteiger partial charge on any atom is 0.435 e.